The van der Waals surface area contributed by atoms with Gasteiger partial charge in [-0.2, -0.15) is 8.78 Å². The molecular formula is C6H4ClF3S2. The van der Waals surface area contributed by atoms with Gasteiger partial charge in [0.1, 0.15) is 0 Å². The van der Waals surface area contributed by atoms with Crippen molar-refractivity contribution in [1.82, 2.24) is 0 Å². The Balaban J connectivity index is 2.41. The maximum absolute atomic E-state index is 13.0. The maximum Gasteiger partial charge on any atom is 0.328 e. The molecule has 1 fully saturated rings. The molecule has 0 aromatic carbocycles. The highest BCUT2D eigenvalue weighted by Gasteiger charge is 2.71. The summed E-state index contributed by atoms with van der Waals surface area (Å²) in [6, 6.07) is 0. The largest absolute Gasteiger partial charge is 0.328 e. The summed E-state index contributed by atoms with van der Waals surface area (Å²) in [5.41, 5.74) is 0. The number of hydrogen-bond acceptors (Lipinski definition) is 2. The maximum atomic E-state index is 13.0. The minimum absolute atomic E-state index is 0.306. The molecule has 0 N–H and O–H groups in total. The Kier molecular flexibility index (Phi) is 1.90. The second-order valence-corrected chi connectivity index (χ2v) is 5.77. The van der Waals surface area contributed by atoms with E-state index in [-0.39, 0.29) is 5.03 Å². The van der Waals surface area contributed by atoms with E-state index in [0.29, 0.717) is 11.5 Å². The minimum Gasteiger partial charge on any atom is -0.204 e. The van der Waals surface area contributed by atoms with Crippen molar-refractivity contribution in [2.75, 3.05) is 11.5 Å². The Hall–Kier alpha value is 0.520. The molecule has 0 atom stereocenters. The van der Waals surface area contributed by atoms with Gasteiger partial charge in [-0.1, -0.05) is 11.6 Å². The molecule has 1 saturated heterocycles. The first-order valence-electron chi connectivity index (χ1n) is 3.24. The second-order valence-electron chi connectivity index (χ2n) is 2.52. The van der Waals surface area contributed by atoms with Crippen LogP contribution in [-0.2, 0) is 0 Å². The van der Waals surface area contributed by atoms with Crippen LogP contribution < -0.4 is 0 Å². The fraction of sp³-hybridized carbons (Fsp3) is 0.667. The lowest BCUT2D eigenvalue weighted by Gasteiger charge is -2.42. The third kappa shape index (κ3) is 0.800. The Morgan fingerprint density at radius 2 is 1.75 bits per heavy atom. The molecule has 0 bridgehead atoms. The van der Waals surface area contributed by atoms with Crippen LogP contribution in [0, 0.1) is 0 Å². The van der Waals surface area contributed by atoms with E-state index in [1.807, 2.05) is 0 Å². The van der Waals surface area contributed by atoms with E-state index in [4.69, 9.17) is 11.6 Å². The highest BCUT2D eigenvalue weighted by molar-refractivity contribution is 8.22. The van der Waals surface area contributed by atoms with Crippen molar-refractivity contribution in [2.24, 2.45) is 0 Å². The highest BCUT2D eigenvalue weighted by atomic mass is 35.5. The van der Waals surface area contributed by atoms with Crippen molar-refractivity contribution >= 4 is 35.1 Å². The highest BCUT2D eigenvalue weighted by Crippen LogP contribution is 2.68. The Morgan fingerprint density at radius 3 is 2.17 bits per heavy atom. The molecule has 12 heavy (non-hydrogen) atoms. The first kappa shape index (κ1) is 9.09. The fourth-order valence-corrected chi connectivity index (χ4v) is 4.84. The molecule has 1 spiro atoms. The lowest BCUT2D eigenvalue weighted by atomic mass is 10.0. The molecule has 0 nitrogen and oxygen atoms in total. The number of hydrogen-bond donors (Lipinski definition) is 0. The third-order valence-electron chi connectivity index (χ3n) is 1.86. The average molecular weight is 233 g/mol. The number of rotatable bonds is 0. The normalized spacial score (nSPS) is 31.0. The fourth-order valence-electron chi connectivity index (χ4n) is 1.22. The number of halogens is 4. The van der Waals surface area contributed by atoms with Crippen LogP contribution in [0.1, 0.15) is 0 Å². The zero-order chi connectivity index (χ0) is 8.98. The SMILES string of the molecule is FC1=C(Cl)C2(SCCS2)C1(F)F. The Morgan fingerprint density at radius 1 is 1.25 bits per heavy atom. The van der Waals surface area contributed by atoms with Gasteiger partial charge in [0.2, 0.25) is 0 Å². The van der Waals surface area contributed by atoms with Crippen LogP contribution in [-0.4, -0.2) is 21.5 Å². The van der Waals surface area contributed by atoms with Gasteiger partial charge in [0.05, 0.1) is 5.03 Å². The predicted molar refractivity (Wildman–Crippen MR) is 46.6 cm³/mol. The van der Waals surface area contributed by atoms with E-state index in [9.17, 15) is 13.2 Å². The molecule has 1 aliphatic carbocycles. The van der Waals surface area contributed by atoms with Crippen LogP contribution in [0.25, 0.3) is 0 Å². The van der Waals surface area contributed by atoms with E-state index in [0.717, 1.165) is 23.5 Å². The number of alkyl halides is 2. The van der Waals surface area contributed by atoms with E-state index in [1.165, 1.54) is 0 Å². The summed E-state index contributed by atoms with van der Waals surface area (Å²) in [7, 11) is 0. The molecule has 0 aromatic rings. The molecule has 0 unspecified atom stereocenters. The van der Waals surface area contributed by atoms with Crippen molar-refractivity contribution in [1.29, 1.82) is 0 Å². The molecular weight excluding hydrogens is 229 g/mol. The van der Waals surface area contributed by atoms with Gasteiger partial charge in [0.15, 0.2) is 9.91 Å². The van der Waals surface area contributed by atoms with E-state index in [1.54, 1.807) is 0 Å². The molecule has 68 valence electrons. The van der Waals surface area contributed by atoms with Crippen molar-refractivity contribution in [2.45, 2.75) is 10.0 Å². The Bertz CT molecular complexity index is 258. The first-order valence-corrected chi connectivity index (χ1v) is 5.59. The molecule has 0 saturated carbocycles. The van der Waals surface area contributed by atoms with Gasteiger partial charge in [-0.25, -0.2) is 4.39 Å². The van der Waals surface area contributed by atoms with Crippen LogP contribution in [0.5, 0.6) is 0 Å². The molecule has 6 heteroatoms. The summed E-state index contributed by atoms with van der Waals surface area (Å²) in [5.74, 6) is -3.62. The van der Waals surface area contributed by atoms with Gasteiger partial charge in [0, 0.05) is 11.5 Å². The minimum atomic E-state index is -3.37. The molecule has 0 aromatic heterocycles. The van der Waals surface area contributed by atoms with Crippen molar-refractivity contribution in [3.05, 3.63) is 10.9 Å². The molecule has 0 amide bonds. The predicted octanol–water partition coefficient (Wildman–Crippen LogP) is 3.23. The lowest BCUT2D eigenvalue weighted by Crippen LogP contribution is -2.51. The van der Waals surface area contributed by atoms with Crippen LogP contribution in [0.15, 0.2) is 10.9 Å². The zero-order valence-electron chi connectivity index (χ0n) is 5.74. The van der Waals surface area contributed by atoms with Crippen molar-refractivity contribution < 1.29 is 13.2 Å². The third-order valence-corrected chi connectivity index (χ3v) is 6.05. The molecule has 2 rings (SSSR count). The van der Waals surface area contributed by atoms with Crippen LogP contribution in [0.3, 0.4) is 0 Å². The van der Waals surface area contributed by atoms with Crippen molar-refractivity contribution in [3.8, 4) is 0 Å². The average Bonchev–Trinajstić information content (AvgIpc) is 2.52. The van der Waals surface area contributed by atoms with Gasteiger partial charge < -0.3 is 0 Å². The smallest absolute Gasteiger partial charge is 0.204 e. The number of allylic oxidation sites excluding steroid dienone is 1. The summed E-state index contributed by atoms with van der Waals surface area (Å²) >= 11 is 7.50. The second kappa shape index (κ2) is 2.51. The Labute approximate surface area is 80.9 Å². The number of thioether (sulfide) groups is 2. The summed E-state index contributed by atoms with van der Waals surface area (Å²) in [4.78, 5) is 0. The van der Waals surface area contributed by atoms with E-state index < -0.39 is 15.8 Å². The van der Waals surface area contributed by atoms with Crippen LogP contribution >= 0.6 is 35.1 Å². The molecule has 2 aliphatic rings. The molecule has 1 aliphatic heterocycles. The summed E-state index contributed by atoms with van der Waals surface area (Å²) in [5, 5.41) is -0.306. The summed E-state index contributed by atoms with van der Waals surface area (Å²) in [6.45, 7) is 0. The van der Waals surface area contributed by atoms with Gasteiger partial charge >= 0.3 is 5.92 Å². The van der Waals surface area contributed by atoms with Gasteiger partial charge in [-0.15, -0.1) is 23.5 Å². The first-order chi connectivity index (χ1) is 5.52. The topological polar surface area (TPSA) is 0 Å². The quantitative estimate of drug-likeness (QED) is 0.629. The summed E-state index contributed by atoms with van der Waals surface area (Å²) in [6.07, 6.45) is 0. The molecule has 0 radical (unpaired) electrons. The lowest BCUT2D eigenvalue weighted by molar-refractivity contribution is -0.00819. The van der Waals surface area contributed by atoms with Crippen LogP contribution in [0.2, 0.25) is 0 Å². The van der Waals surface area contributed by atoms with E-state index in [2.05, 4.69) is 0 Å². The summed E-state index contributed by atoms with van der Waals surface area (Å²) < 4.78 is 37.0. The van der Waals surface area contributed by atoms with Gasteiger partial charge in [-0.05, 0) is 0 Å². The van der Waals surface area contributed by atoms with Crippen LogP contribution in [0.4, 0.5) is 13.2 Å². The van der Waals surface area contributed by atoms with E-state index >= 15 is 0 Å². The zero-order valence-corrected chi connectivity index (χ0v) is 8.13. The van der Waals surface area contributed by atoms with Gasteiger partial charge in [-0.3, -0.25) is 0 Å². The standard InChI is InChI=1S/C6H4ClF3S2/c7-3-4(8)5(9,10)6(3)11-1-2-12-6/h1-2H2. The molecule has 1 heterocycles. The van der Waals surface area contributed by atoms with Crippen molar-refractivity contribution in [3.63, 3.8) is 0 Å². The monoisotopic (exact) mass is 232 g/mol. The van der Waals surface area contributed by atoms with Gasteiger partial charge in [0.25, 0.3) is 0 Å².